The zero-order valence-corrected chi connectivity index (χ0v) is 5.43. The van der Waals surface area contributed by atoms with Crippen LogP contribution in [0.15, 0.2) is 18.5 Å². The maximum atomic E-state index is 10.2. The van der Waals surface area contributed by atoms with E-state index in [1.54, 1.807) is 0 Å². The standard InChI is InChI=1S/C5H5N3O3/c6-11-5-1-2-7-3-4(5)8(9)10/h1-3H,6H2. The van der Waals surface area contributed by atoms with E-state index in [0.717, 1.165) is 6.20 Å². The maximum absolute atomic E-state index is 10.2. The molecule has 0 atom stereocenters. The Hall–Kier alpha value is -1.69. The summed E-state index contributed by atoms with van der Waals surface area (Å²) >= 11 is 0. The molecule has 11 heavy (non-hydrogen) atoms. The topological polar surface area (TPSA) is 91.3 Å². The first kappa shape index (κ1) is 7.42. The molecule has 0 fully saturated rings. The zero-order chi connectivity index (χ0) is 8.27. The van der Waals surface area contributed by atoms with Crippen LogP contribution in [0.5, 0.6) is 5.75 Å². The highest BCUT2D eigenvalue weighted by Crippen LogP contribution is 2.22. The summed E-state index contributed by atoms with van der Waals surface area (Å²) in [6.45, 7) is 0. The molecule has 0 unspecified atom stereocenters. The summed E-state index contributed by atoms with van der Waals surface area (Å²) in [6, 6.07) is 1.32. The van der Waals surface area contributed by atoms with Gasteiger partial charge >= 0.3 is 5.69 Å². The first-order chi connectivity index (χ1) is 5.25. The smallest absolute Gasteiger partial charge is 0.331 e. The number of aromatic nitrogens is 1. The minimum Gasteiger partial charge on any atom is -0.404 e. The van der Waals surface area contributed by atoms with Crippen molar-refractivity contribution in [2.75, 3.05) is 0 Å². The third kappa shape index (κ3) is 1.41. The molecule has 6 nitrogen and oxygen atoms in total. The van der Waals surface area contributed by atoms with Gasteiger partial charge in [0.2, 0.25) is 5.75 Å². The summed E-state index contributed by atoms with van der Waals surface area (Å²) in [7, 11) is 0. The highest BCUT2D eigenvalue weighted by Gasteiger charge is 2.13. The van der Waals surface area contributed by atoms with Crippen molar-refractivity contribution in [3.8, 4) is 5.75 Å². The second-order valence-electron chi connectivity index (χ2n) is 1.72. The first-order valence-electron chi connectivity index (χ1n) is 2.71. The second-order valence-corrected chi connectivity index (χ2v) is 1.72. The molecule has 0 saturated heterocycles. The molecule has 1 rings (SSSR count). The van der Waals surface area contributed by atoms with E-state index in [9.17, 15) is 10.1 Å². The Morgan fingerprint density at radius 3 is 2.91 bits per heavy atom. The minimum absolute atomic E-state index is 0.00463. The quantitative estimate of drug-likeness (QED) is 0.488. The Morgan fingerprint density at radius 2 is 2.45 bits per heavy atom. The van der Waals surface area contributed by atoms with Gasteiger partial charge < -0.3 is 4.84 Å². The first-order valence-corrected chi connectivity index (χ1v) is 2.71. The van der Waals surface area contributed by atoms with Crippen LogP contribution in [0.2, 0.25) is 0 Å². The van der Waals surface area contributed by atoms with Gasteiger partial charge in [-0.05, 0) is 0 Å². The molecule has 0 bridgehead atoms. The highest BCUT2D eigenvalue weighted by molar-refractivity contribution is 5.42. The van der Waals surface area contributed by atoms with Crippen LogP contribution >= 0.6 is 0 Å². The Bertz CT molecular complexity index is 275. The van der Waals surface area contributed by atoms with Gasteiger partial charge in [0.15, 0.2) is 0 Å². The lowest BCUT2D eigenvalue weighted by molar-refractivity contribution is -0.386. The molecular weight excluding hydrogens is 150 g/mol. The normalized spacial score (nSPS) is 9.18. The number of hydrogen-bond donors (Lipinski definition) is 1. The van der Waals surface area contributed by atoms with Crippen LogP contribution in [-0.2, 0) is 0 Å². The number of nitro groups is 1. The van der Waals surface area contributed by atoms with Gasteiger partial charge in [-0.3, -0.25) is 15.1 Å². The molecular formula is C5H5N3O3. The van der Waals surface area contributed by atoms with Crippen LogP contribution in [-0.4, -0.2) is 9.91 Å². The Morgan fingerprint density at radius 1 is 1.73 bits per heavy atom. The van der Waals surface area contributed by atoms with E-state index in [1.807, 2.05) is 0 Å². The molecule has 0 radical (unpaired) electrons. The molecule has 1 aromatic heterocycles. The molecule has 0 aromatic carbocycles. The average Bonchev–Trinajstić information content (AvgIpc) is 2.04. The number of hydrogen-bond acceptors (Lipinski definition) is 5. The highest BCUT2D eigenvalue weighted by atomic mass is 16.6. The third-order valence-electron chi connectivity index (χ3n) is 1.08. The molecule has 0 amide bonds. The summed E-state index contributed by atoms with van der Waals surface area (Å²) in [6.07, 6.45) is 2.43. The van der Waals surface area contributed by atoms with Gasteiger partial charge in [0.25, 0.3) is 0 Å². The monoisotopic (exact) mass is 155 g/mol. The largest absolute Gasteiger partial charge is 0.404 e. The summed E-state index contributed by atoms with van der Waals surface area (Å²) in [5.41, 5.74) is -0.241. The maximum Gasteiger partial charge on any atom is 0.331 e. The second kappa shape index (κ2) is 2.93. The molecule has 1 aromatic rings. The van der Waals surface area contributed by atoms with E-state index >= 15 is 0 Å². The molecule has 2 N–H and O–H groups in total. The van der Waals surface area contributed by atoms with Gasteiger partial charge in [0, 0.05) is 12.3 Å². The van der Waals surface area contributed by atoms with E-state index in [0.29, 0.717) is 0 Å². The van der Waals surface area contributed by atoms with E-state index in [2.05, 4.69) is 9.82 Å². The van der Waals surface area contributed by atoms with Crippen molar-refractivity contribution < 1.29 is 9.76 Å². The average molecular weight is 155 g/mol. The fraction of sp³-hybridized carbons (Fsp3) is 0. The van der Waals surface area contributed by atoms with Crippen LogP contribution in [0, 0.1) is 10.1 Å². The van der Waals surface area contributed by atoms with Crippen LogP contribution < -0.4 is 10.7 Å². The van der Waals surface area contributed by atoms with Crippen molar-refractivity contribution >= 4 is 5.69 Å². The lowest BCUT2D eigenvalue weighted by Crippen LogP contribution is -2.04. The van der Waals surface area contributed by atoms with Gasteiger partial charge in [-0.1, -0.05) is 0 Å². The summed E-state index contributed by atoms with van der Waals surface area (Å²) in [4.78, 5) is 17.4. The minimum atomic E-state index is -0.616. The SMILES string of the molecule is NOc1ccncc1[N+](=O)[O-]. The fourth-order valence-corrected chi connectivity index (χ4v) is 0.610. The molecule has 0 spiro atoms. The molecule has 0 aliphatic rings. The van der Waals surface area contributed by atoms with Gasteiger partial charge in [-0.15, -0.1) is 0 Å². The van der Waals surface area contributed by atoms with Crippen molar-refractivity contribution in [1.29, 1.82) is 0 Å². The number of nitrogens with two attached hydrogens (primary N) is 1. The Balaban J connectivity index is 3.12. The molecule has 1 heterocycles. The molecule has 58 valence electrons. The Labute approximate surface area is 61.7 Å². The molecule has 0 aliphatic carbocycles. The zero-order valence-electron chi connectivity index (χ0n) is 5.43. The summed E-state index contributed by atoms with van der Waals surface area (Å²) in [5.74, 6) is 4.76. The van der Waals surface area contributed by atoms with Crippen molar-refractivity contribution in [2.45, 2.75) is 0 Å². The predicted octanol–water partition coefficient (Wildman–Crippen LogP) is 0.242. The molecule has 6 heteroatoms. The van der Waals surface area contributed by atoms with Crippen molar-refractivity contribution in [3.05, 3.63) is 28.6 Å². The van der Waals surface area contributed by atoms with Crippen LogP contribution in [0.25, 0.3) is 0 Å². The van der Waals surface area contributed by atoms with E-state index < -0.39 is 4.92 Å². The lowest BCUT2D eigenvalue weighted by atomic mass is 10.4. The van der Waals surface area contributed by atoms with E-state index in [1.165, 1.54) is 12.3 Å². The van der Waals surface area contributed by atoms with Gasteiger partial charge in [0.05, 0.1) is 4.92 Å². The Kier molecular flexibility index (Phi) is 1.98. The molecule has 0 aliphatic heterocycles. The lowest BCUT2D eigenvalue weighted by Gasteiger charge is -1.96. The van der Waals surface area contributed by atoms with Gasteiger partial charge in [-0.2, -0.15) is 5.90 Å². The number of rotatable bonds is 2. The number of nitrogens with zero attached hydrogens (tertiary/aromatic N) is 2. The summed E-state index contributed by atoms with van der Waals surface area (Å²) < 4.78 is 0. The molecule has 0 saturated carbocycles. The van der Waals surface area contributed by atoms with Crippen molar-refractivity contribution in [3.63, 3.8) is 0 Å². The van der Waals surface area contributed by atoms with Crippen LogP contribution in [0.4, 0.5) is 5.69 Å². The van der Waals surface area contributed by atoms with Crippen molar-refractivity contribution in [2.24, 2.45) is 5.90 Å². The van der Waals surface area contributed by atoms with Gasteiger partial charge in [-0.25, -0.2) is 0 Å². The van der Waals surface area contributed by atoms with Crippen LogP contribution in [0.3, 0.4) is 0 Å². The van der Waals surface area contributed by atoms with Crippen LogP contribution in [0.1, 0.15) is 0 Å². The summed E-state index contributed by atoms with van der Waals surface area (Å²) in [5, 5.41) is 10.2. The number of pyridine rings is 1. The fourth-order valence-electron chi connectivity index (χ4n) is 0.610. The van der Waals surface area contributed by atoms with E-state index in [-0.39, 0.29) is 11.4 Å². The third-order valence-corrected chi connectivity index (χ3v) is 1.08. The van der Waals surface area contributed by atoms with Gasteiger partial charge in [0.1, 0.15) is 6.20 Å². The van der Waals surface area contributed by atoms with Crippen molar-refractivity contribution in [1.82, 2.24) is 4.98 Å². The predicted molar refractivity (Wildman–Crippen MR) is 35.7 cm³/mol. The van der Waals surface area contributed by atoms with E-state index in [4.69, 9.17) is 5.90 Å².